The maximum absolute atomic E-state index is 10.3. The number of hydrogen-bond donors (Lipinski definition) is 3. The minimum atomic E-state index is -0.961. The molecule has 0 aliphatic rings. The van der Waals surface area contributed by atoms with Gasteiger partial charge >= 0.3 is 5.97 Å². The second-order valence-electron chi connectivity index (χ2n) is 5.76. The summed E-state index contributed by atoms with van der Waals surface area (Å²) in [6.45, 7) is 3.30. The molecule has 0 radical (unpaired) electrons. The van der Waals surface area contributed by atoms with Crippen LogP contribution in [0.4, 0.5) is 0 Å². The fourth-order valence-corrected chi connectivity index (χ4v) is 2.03. The Morgan fingerprint density at radius 2 is 1.42 bits per heavy atom. The van der Waals surface area contributed by atoms with E-state index in [2.05, 4.69) is 0 Å². The smallest absolute Gasteiger partial charge is 0.303 e. The predicted molar refractivity (Wildman–Crippen MR) is 76.1 cm³/mol. The molecule has 0 rings (SSSR count). The second kappa shape index (κ2) is 10.2. The van der Waals surface area contributed by atoms with Crippen LogP contribution in [-0.2, 0) is 4.79 Å². The second-order valence-corrected chi connectivity index (χ2v) is 5.76. The van der Waals surface area contributed by atoms with Crippen molar-refractivity contribution in [3.05, 3.63) is 0 Å². The van der Waals surface area contributed by atoms with E-state index in [0.717, 1.165) is 44.9 Å². The molecule has 19 heavy (non-hydrogen) atoms. The summed E-state index contributed by atoms with van der Waals surface area (Å²) in [4.78, 5) is 10.3. The van der Waals surface area contributed by atoms with E-state index in [1.165, 1.54) is 6.42 Å². The van der Waals surface area contributed by atoms with Gasteiger partial charge in [0.2, 0.25) is 0 Å². The number of carbonyl (C=O) groups is 1. The maximum Gasteiger partial charge on any atom is 0.303 e. The number of carboxylic acids is 1. The number of hydrogen-bond acceptors (Lipinski definition) is 3. The van der Waals surface area contributed by atoms with Crippen molar-refractivity contribution in [2.45, 2.75) is 89.8 Å². The van der Waals surface area contributed by atoms with Gasteiger partial charge in [-0.25, -0.2) is 0 Å². The fraction of sp³-hybridized carbons (Fsp3) is 0.933. The molecule has 0 fully saturated rings. The molecule has 0 bridgehead atoms. The lowest BCUT2D eigenvalue weighted by molar-refractivity contribution is -0.137. The average molecular weight is 274 g/mol. The van der Waals surface area contributed by atoms with Crippen LogP contribution in [0.25, 0.3) is 0 Å². The molecule has 4 nitrogen and oxygen atoms in total. The van der Waals surface area contributed by atoms with Gasteiger partial charge in [0.1, 0.15) is 0 Å². The van der Waals surface area contributed by atoms with Crippen LogP contribution in [0.2, 0.25) is 0 Å². The number of rotatable bonds is 12. The monoisotopic (exact) mass is 274 g/mol. The largest absolute Gasteiger partial charge is 0.481 e. The van der Waals surface area contributed by atoms with Gasteiger partial charge in [-0.3, -0.25) is 4.79 Å². The molecular formula is C15H30O4. The van der Waals surface area contributed by atoms with Crippen LogP contribution in [-0.4, -0.2) is 33.0 Å². The molecule has 3 N–H and O–H groups in total. The summed E-state index contributed by atoms with van der Waals surface area (Å²) in [5, 5.41) is 27.7. The van der Waals surface area contributed by atoms with Gasteiger partial charge in [0.05, 0.1) is 11.7 Å². The van der Waals surface area contributed by atoms with E-state index < -0.39 is 17.7 Å². The Morgan fingerprint density at radius 1 is 1.00 bits per heavy atom. The molecule has 114 valence electrons. The molecule has 0 spiro atoms. The molecule has 0 aromatic rings. The van der Waals surface area contributed by atoms with Gasteiger partial charge < -0.3 is 15.3 Å². The van der Waals surface area contributed by atoms with Crippen LogP contribution in [0.15, 0.2) is 0 Å². The van der Waals surface area contributed by atoms with E-state index in [1.54, 1.807) is 13.8 Å². The third kappa shape index (κ3) is 11.0. The lowest BCUT2D eigenvalue weighted by atomic mass is 9.93. The van der Waals surface area contributed by atoms with Crippen molar-refractivity contribution in [2.75, 3.05) is 0 Å². The lowest BCUT2D eigenvalue weighted by Gasteiger charge is -2.26. The minimum Gasteiger partial charge on any atom is -0.481 e. The van der Waals surface area contributed by atoms with Crippen molar-refractivity contribution in [1.29, 1.82) is 0 Å². The van der Waals surface area contributed by atoms with E-state index >= 15 is 0 Å². The Hall–Kier alpha value is -0.610. The van der Waals surface area contributed by atoms with Crippen molar-refractivity contribution in [3.63, 3.8) is 0 Å². The van der Waals surface area contributed by atoms with Gasteiger partial charge in [-0.2, -0.15) is 0 Å². The molecule has 0 amide bonds. The van der Waals surface area contributed by atoms with Crippen LogP contribution in [0.3, 0.4) is 0 Å². The SMILES string of the molecule is CC(O)C(C)(O)CCCCCCCCCCC(=O)O. The number of aliphatic hydroxyl groups excluding tert-OH is 1. The first-order valence-electron chi connectivity index (χ1n) is 7.48. The molecule has 0 heterocycles. The van der Waals surface area contributed by atoms with Crippen LogP contribution < -0.4 is 0 Å². The van der Waals surface area contributed by atoms with Crippen molar-refractivity contribution in [1.82, 2.24) is 0 Å². The molecule has 0 aliphatic carbocycles. The summed E-state index contributed by atoms with van der Waals surface area (Å²) in [7, 11) is 0. The third-order valence-corrected chi connectivity index (χ3v) is 3.72. The van der Waals surface area contributed by atoms with E-state index in [0.29, 0.717) is 6.42 Å². The van der Waals surface area contributed by atoms with E-state index in [-0.39, 0.29) is 6.42 Å². The van der Waals surface area contributed by atoms with Crippen LogP contribution in [0.5, 0.6) is 0 Å². The zero-order chi connectivity index (χ0) is 14.7. The predicted octanol–water partition coefficient (Wildman–Crippen LogP) is 3.10. The number of aliphatic carboxylic acids is 1. The summed E-state index contributed by atoms with van der Waals surface area (Å²) in [6, 6.07) is 0. The van der Waals surface area contributed by atoms with Crippen molar-refractivity contribution < 1.29 is 20.1 Å². The summed E-state index contributed by atoms with van der Waals surface area (Å²) in [5.41, 5.74) is -0.961. The first-order valence-corrected chi connectivity index (χ1v) is 7.48. The van der Waals surface area contributed by atoms with E-state index in [1.807, 2.05) is 0 Å². The highest BCUT2D eigenvalue weighted by molar-refractivity contribution is 5.66. The quantitative estimate of drug-likeness (QED) is 0.478. The van der Waals surface area contributed by atoms with Gasteiger partial charge in [-0.15, -0.1) is 0 Å². The van der Waals surface area contributed by atoms with Crippen LogP contribution >= 0.6 is 0 Å². The average Bonchev–Trinajstić information content (AvgIpc) is 2.30. The standard InChI is InChI=1S/C15H30O4/c1-13(16)15(2,19)12-10-8-6-4-3-5-7-9-11-14(17)18/h13,16,19H,3-12H2,1-2H3,(H,17,18). The number of aliphatic hydroxyl groups is 2. The number of carboxylic acid groups (broad SMARTS) is 1. The molecule has 2 unspecified atom stereocenters. The Bertz CT molecular complexity index is 236. The summed E-state index contributed by atoms with van der Waals surface area (Å²) >= 11 is 0. The lowest BCUT2D eigenvalue weighted by Crippen LogP contribution is -2.36. The molecular weight excluding hydrogens is 244 g/mol. The molecule has 0 saturated carbocycles. The maximum atomic E-state index is 10.3. The molecule has 0 aromatic carbocycles. The van der Waals surface area contributed by atoms with E-state index in [9.17, 15) is 15.0 Å². The Labute approximate surface area is 116 Å². The highest BCUT2D eigenvalue weighted by atomic mass is 16.4. The van der Waals surface area contributed by atoms with Crippen molar-refractivity contribution in [3.8, 4) is 0 Å². The van der Waals surface area contributed by atoms with Gasteiger partial charge in [-0.1, -0.05) is 44.9 Å². The topological polar surface area (TPSA) is 77.8 Å². The highest BCUT2D eigenvalue weighted by Crippen LogP contribution is 2.19. The Balaban J connectivity index is 3.26. The highest BCUT2D eigenvalue weighted by Gasteiger charge is 2.25. The van der Waals surface area contributed by atoms with Crippen LogP contribution in [0.1, 0.15) is 78.1 Å². The zero-order valence-corrected chi connectivity index (χ0v) is 12.4. The molecule has 0 aromatic heterocycles. The minimum absolute atomic E-state index is 0.286. The van der Waals surface area contributed by atoms with Gasteiger partial charge in [0, 0.05) is 6.42 Å². The zero-order valence-electron chi connectivity index (χ0n) is 12.4. The summed E-state index contributed by atoms with van der Waals surface area (Å²) < 4.78 is 0. The summed E-state index contributed by atoms with van der Waals surface area (Å²) in [6.07, 6.45) is 8.65. The van der Waals surface area contributed by atoms with Crippen molar-refractivity contribution in [2.24, 2.45) is 0 Å². The van der Waals surface area contributed by atoms with Crippen LogP contribution in [0, 0.1) is 0 Å². The first-order chi connectivity index (χ1) is 8.86. The third-order valence-electron chi connectivity index (χ3n) is 3.72. The van der Waals surface area contributed by atoms with Gasteiger partial charge in [-0.05, 0) is 26.7 Å². The number of unbranched alkanes of at least 4 members (excludes halogenated alkanes) is 7. The normalized spacial score (nSPS) is 16.0. The Morgan fingerprint density at radius 3 is 1.84 bits per heavy atom. The first kappa shape index (κ1) is 18.4. The Kier molecular flexibility index (Phi) is 9.88. The van der Waals surface area contributed by atoms with E-state index in [4.69, 9.17) is 5.11 Å². The molecule has 0 aliphatic heterocycles. The molecule has 4 heteroatoms. The molecule has 2 atom stereocenters. The van der Waals surface area contributed by atoms with Crippen molar-refractivity contribution >= 4 is 5.97 Å². The summed E-state index contributed by atoms with van der Waals surface area (Å²) in [5.74, 6) is -0.704. The molecule has 0 saturated heterocycles. The fourth-order valence-electron chi connectivity index (χ4n) is 2.03. The van der Waals surface area contributed by atoms with Gasteiger partial charge in [0.15, 0.2) is 0 Å². The van der Waals surface area contributed by atoms with Gasteiger partial charge in [0.25, 0.3) is 0 Å².